The fraction of sp³-hybridized carbons (Fsp3) is 0.933. The van der Waals surface area contributed by atoms with Gasteiger partial charge in [0.25, 0.3) is 0 Å². The summed E-state index contributed by atoms with van der Waals surface area (Å²) in [5.41, 5.74) is 0.0643. The van der Waals surface area contributed by atoms with Gasteiger partial charge in [-0.1, -0.05) is 0 Å². The number of carbonyl (C=O) groups is 1. The zero-order valence-corrected chi connectivity index (χ0v) is 12.5. The van der Waals surface area contributed by atoms with E-state index >= 15 is 0 Å². The summed E-state index contributed by atoms with van der Waals surface area (Å²) in [5, 5.41) is 3.24. The van der Waals surface area contributed by atoms with Gasteiger partial charge in [-0.3, -0.25) is 4.79 Å². The summed E-state index contributed by atoms with van der Waals surface area (Å²) in [6, 6.07) is 0. The van der Waals surface area contributed by atoms with Crippen LogP contribution in [0, 0.1) is 23.2 Å². The van der Waals surface area contributed by atoms with Crippen molar-refractivity contribution in [2.24, 2.45) is 23.2 Å². The van der Waals surface area contributed by atoms with Crippen molar-refractivity contribution in [3.05, 3.63) is 0 Å². The molecule has 3 nitrogen and oxygen atoms in total. The number of rotatable bonds is 6. The third-order valence-electron chi connectivity index (χ3n) is 5.40. The Balaban J connectivity index is 0.00000133. The molecule has 0 atom stereocenters. The van der Waals surface area contributed by atoms with Crippen molar-refractivity contribution in [2.75, 3.05) is 26.8 Å². The lowest BCUT2D eigenvalue weighted by Crippen LogP contribution is -3.00. The SMILES string of the molecule is COCCNCC(=O)C12CC3CC(CC(C3)C1)C2.[Cl-]. The molecule has 4 aliphatic carbocycles. The fourth-order valence-corrected chi connectivity index (χ4v) is 5.02. The predicted octanol–water partition coefficient (Wildman–Crippen LogP) is -0.988. The summed E-state index contributed by atoms with van der Waals surface area (Å²) in [6.07, 6.45) is 7.77. The first-order valence-electron chi connectivity index (χ1n) is 7.45. The molecule has 4 bridgehead atoms. The number of nitrogens with one attached hydrogen (secondary N) is 1. The van der Waals surface area contributed by atoms with E-state index in [2.05, 4.69) is 5.32 Å². The number of hydrogen-bond acceptors (Lipinski definition) is 3. The van der Waals surface area contributed by atoms with Gasteiger partial charge in [-0.05, 0) is 56.3 Å². The first-order chi connectivity index (χ1) is 8.72. The maximum absolute atomic E-state index is 12.6. The predicted molar refractivity (Wildman–Crippen MR) is 70.4 cm³/mol. The first-order valence-corrected chi connectivity index (χ1v) is 7.45. The molecule has 110 valence electrons. The van der Waals surface area contributed by atoms with Gasteiger partial charge in [-0.15, -0.1) is 0 Å². The second-order valence-electron chi connectivity index (χ2n) is 6.79. The van der Waals surface area contributed by atoms with Crippen molar-refractivity contribution in [2.45, 2.75) is 38.5 Å². The van der Waals surface area contributed by atoms with Crippen molar-refractivity contribution in [3.8, 4) is 0 Å². The smallest absolute Gasteiger partial charge is 0.152 e. The van der Waals surface area contributed by atoms with Crippen LogP contribution in [-0.2, 0) is 9.53 Å². The monoisotopic (exact) mass is 286 g/mol. The molecule has 4 aliphatic rings. The summed E-state index contributed by atoms with van der Waals surface area (Å²) >= 11 is 0. The molecule has 4 heteroatoms. The van der Waals surface area contributed by atoms with Crippen LogP contribution >= 0.6 is 0 Å². The fourth-order valence-electron chi connectivity index (χ4n) is 5.02. The van der Waals surface area contributed by atoms with Gasteiger partial charge in [0.15, 0.2) is 5.78 Å². The average molecular weight is 287 g/mol. The molecule has 0 unspecified atom stereocenters. The third-order valence-corrected chi connectivity index (χ3v) is 5.40. The Morgan fingerprint density at radius 2 is 1.68 bits per heavy atom. The second-order valence-corrected chi connectivity index (χ2v) is 6.79. The van der Waals surface area contributed by atoms with Gasteiger partial charge < -0.3 is 22.5 Å². The minimum absolute atomic E-state index is 0. The van der Waals surface area contributed by atoms with Gasteiger partial charge in [0.05, 0.1) is 13.2 Å². The molecular weight excluding hydrogens is 262 g/mol. The summed E-state index contributed by atoms with van der Waals surface area (Å²) in [5.74, 6) is 3.07. The topological polar surface area (TPSA) is 38.3 Å². The van der Waals surface area contributed by atoms with Crippen LogP contribution in [0.2, 0.25) is 0 Å². The molecule has 0 heterocycles. The van der Waals surface area contributed by atoms with E-state index in [1.807, 2.05) is 0 Å². The molecule has 1 N–H and O–H groups in total. The van der Waals surface area contributed by atoms with Crippen molar-refractivity contribution in [1.29, 1.82) is 0 Å². The maximum atomic E-state index is 12.6. The molecular formula is C15H25ClNO2-. The lowest BCUT2D eigenvalue weighted by atomic mass is 9.48. The number of halogens is 1. The zero-order chi connectivity index (χ0) is 12.6. The van der Waals surface area contributed by atoms with Crippen LogP contribution in [0.25, 0.3) is 0 Å². The Labute approximate surface area is 122 Å². The molecule has 0 aromatic carbocycles. The highest BCUT2D eigenvalue weighted by Crippen LogP contribution is 2.60. The molecule has 19 heavy (non-hydrogen) atoms. The number of Topliss-reactive ketones (excluding diaryl/α,β-unsaturated/α-hetero) is 1. The molecule has 0 aromatic rings. The largest absolute Gasteiger partial charge is 1.00 e. The Bertz CT molecular complexity index is 297. The lowest BCUT2D eigenvalue weighted by Gasteiger charge is -2.56. The van der Waals surface area contributed by atoms with E-state index in [4.69, 9.17) is 4.74 Å². The molecule has 0 amide bonds. The third kappa shape index (κ3) is 2.98. The molecule has 0 aromatic heterocycles. The number of carbonyl (C=O) groups excluding carboxylic acids is 1. The zero-order valence-electron chi connectivity index (χ0n) is 11.8. The average Bonchev–Trinajstić information content (AvgIpc) is 2.32. The highest BCUT2D eigenvalue weighted by molar-refractivity contribution is 5.87. The van der Waals surface area contributed by atoms with E-state index in [9.17, 15) is 4.79 Å². The number of methoxy groups -OCH3 is 1. The Morgan fingerprint density at radius 3 is 2.16 bits per heavy atom. The minimum atomic E-state index is 0. The van der Waals surface area contributed by atoms with E-state index in [0.717, 1.165) is 24.3 Å². The molecule has 4 fully saturated rings. The van der Waals surface area contributed by atoms with E-state index < -0.39 is 0 Å². The first kappa shape index (κ1) is 15.3. The summed E-state index contributed by atoms with van der Waals surface area (Å²) in [7, 11) is 1.70. The standard InChI is InChI=1S/C15H25NO2.ClH/c1-18-3-2-16-10-14(17)15-7-11-4-12(8-15)6-13(5-11)9-15;/h11-13,16H,2-10H2,1H3;1H/p-1. The maximum Gasteiger partial charge on any atom is 0.152 e. The molecule has 0 spiro atoms. The minimum Gasteiger partial charge on any atom is -1.00 e. The van der Waals surface area contributed by atoms with Crippen molar-refractivity contribution in [3.63, 3.8) is 0 Å². The number of ether oxygens (including phenoxy) is 1. The number of hydrogen-bond donors (Lipinski definition) is 1. The van der Waals surface area contributed by atoms with Gasteiger partial charge in [0.2, 0.25) is 0 Å². The summed E-state index contributed by atoms with van der Waals surface area (Å²) < 4.78 is 5.00. The number of ketones is 1. The quantitative estimate of drug-likeness (QED) is 0.638. The normalized spacial score (nSPS) is 39.1. The second kappa shape index (κ2) is 6.11. The van der Waals surface area contributed by atoms with E-state index in [0.29, 0.717) is 18.9 Å². The van der Waals surface area contributed by atoms with Crippen molar-refractivity contribution in [1.82, 2.24) is 5.32 Å². The van der Waals surface area contributed by atoms with Gasteiger partial charge in [-0.25, -0.2) is 0 Å². The van der Waals surface area contributed by atoms with Crippen LogP contribution in [0.3, 0.4) is 0 Å². The summed E-state index contributed by atoms with van der Waals surface area (Å²) in [4.78, 5) is 12.6. The molecule has 0 saturated heterocycles. The summed E-state index contributed by atoms with van der Waals surface area (Å²) in [6.45, 7) is 2.03. The molecule has 4 saturated carbocycles. The van der Waals surface area contributed by atoms with Crippen LogP contribution < -0.4 is 17.7 Å². The van der Waals surface area contributed by atoms with Crippen LogP contribution in [0.5, 0.6) is 0 Å². The van der Waals surface area contributed by atoms with Crippen LogP contribution in [0.1, 0.15) is 38.5 Å². The van der Waals surface area contributed by atoms with Crippen LogP contribution in [0.15, 0.2) is 0 Å². The van der Waals surface area contributed by atoms with Crippen molar-refractivity contribution >= 4 is 5.78 Å². The van der Waals surface area contributed by atoms with E-state index in [-0.39, 0.29) is 17.8 Å². The molecule has 4 rings (SSSR count). The lowest BCUT2D eigenvalue weighted by molar-refractivity contribution is -0.142. The van der Waals surface area contributed by atoms with Crippen molar-refractivity contribution < 1.29 is 21.9 Å². The highest BCUT2D eigenvalue weighted by Gasteiger charge is 2.53. The Hall–Kier alpha value is -0.120. The van der Waals surface area contributed by atoms with Gasteiger partial charge in [-0.2, -0.15) is 0 Å². The van der Waals surface area contributed by atoms with E-state index in [1.54, 1.807) is 7.11 Å². The Kier molecular flexibility index (Phi) is 4.91. The highest BCUT2D eigenvalue weighted by atomic mass is 35.5. The van der Waals surface area contributed by atoms with Crippen LogP contribution in [0.4, 0.5) is 0 Å². The van der Waals surface area contributed by atoms with E-state index in [1.165, 1.54) is 38.5 Å². The van der Waals surface area contributed by atoms with Gasteiger partial charge in [0.1, 0.15) is 0 Å². The Morgan fingerprint density at radius 1 is 1.16 bits per heavy atom. The van der Waals surface area contributed by atoms with Gasteiger partial charge >= 0.3 is 0 Å². The van der Waals surface area contributed by atoms with Gasteiger partial charge in [0, 0.05) is 19.1 Å². The van der Waals surface area contributed by atoms with Crippen LogP contribution in [-0.4, -0.2) is 32.6 Å². The molecule has 0 aliphatic heterocycles. The molecule has 0 radical (unpaired) electrons.